The highest BCUT2D eigenvalue weighted by atomic mass is 16.1. The number of hydrogen-bond acceptors (Lipinski definition) is 4. The third kappa shape index (κ3) is 5.21. The van der Waals surface area contributed by atoms with Crippen LogP contribution in [-0.4, -0.2) is 29.8 Å². The molecule has 3 N–H and O–H groups in total. The van der Waals surface area contributed by atoms with Gasteiger partial charge < -0.3 is 10.6 Å². The predicted octanol–water partition coefficient (Wildman–Crippen LogP) is 3.79. The molecule has 0 atom stereocenters. The Morgan fingerprint density at radius 2 is 1.82 bits per heavy atom. The second-order valence-corrected chi connectivity index (χ2v) is 6.62. The maximum absolute atomic E-state index is 12.0. The Hall–Kier alpha value is -3.10. The van der Waals surface area contributed by atoms with Gasteiger partial charge in [0, 0.05) is 23.2 Å². The highest BCUT2D eigenvalue weighted by Crippen LogP contribution is 2.26. The molecule has 0 fully saturated rings. The number of nitrogens with one attached hydrogen (secondary N) is 3. The van der Waals surface area contributed by atoms with Gasteiger partial charge in [-0.3, -0.25) is 4.79 Å². The fourth-order valence-corrected chi connectivity index (χ4v) is 3.14. The first-order valence-electron chi connectivity index (χ1n) is 9.71. The van der Waals surface area contributed by atoms with Gasteiger partial charge in [-0.05, 0) is 44.5 Å². The van der Waals surface area contributed by atoms with Gasteiger partial charge in [-0.15, -0.1) is 5.92 Å². The summed E-state index contributed by atoms with van der Waals surface area (Å²) in [4.78, 5) is 12.0. The van der Waals surface area contributed by atoms with Crippen molar-refractivity contribution in [2.75, 3.05) is 25.0 Å². The van der Waals surface area contributed by atoms with Crippen molar-refractivity contribution in [1.29, 1.82) is 0 Å². The normalized spacial score (nSPS) is 10.5. The molecule has 5 heteroatoms. The molecule has 0 bridgehead atoms. The third-order valence-corrected chi connectivity index (χ3v) is 4.58. The van der Waals surface area contributed by atoms with E-state index in [2.05, 4.69) is 44.8 Å². The van der Waals surface area contributed by atoms with Crippen molar-refractivity contribution in [2.24, 2.45) is 0 Å². The van der Waals surface area contributed by atoms with Crippen LogP contribution in [-0.2, 0) is 0 Å². The second-order valence-electron chi connectivity index (χ2n) is 6.62. The van der Waals surface area contributed by atoms with Gasteiger partial charge in [-0.1, -0.05) is 42.7 Å². The van der Waals surface area contributed by atoms with Crippen LogP contribution in [0, 0.1) is 11.8 Å². The van der Waals surface area contributed by atoms with E-state index in [-0.39, 0.29) is 5.56 Å². The molecule has 3 aromatic rings. The topological polar surface area (TPSA) is 69.8 Å². The molecule has 5 nitrogen and oxygen atoms in total. The van der Waals surface area contributed by atoms with E-state index < -0.39 is 0 Å². The quantitative estimate of drug-likeness (QED) is 0.394. The summed E-state index contributed by atoms with van der Waals surface area (Å²) in [6.45, 7) is 4.57. The lowest BCUT2D eigenvalue weighted by atomic mass is 10.0. The average molecular weight is 374 g/mol. The zero-order chi connectivity index (χ0) is 19.6. The SMILES string of the molecule is CC#CCNCCCCCNc1cccc(-c2n[nH]c(=O)c3ccccc23)c1. The lowest BCUT2D eigenvalue weighted by Crippen LogP contribution is -2.15. The van der Waals surface area contributed by atoms with Crippen LogP contribution in [0.1, 0.15) is 26.2 Å². The smallest absolute Gasteiger partial charge is 0.272 e. The predicted molar refractivity (Wildman–Crippen MR) is 116 cm³/mol. The van der Waals surface area contributed by atoms with Gasteiger partial charge in [-0.2, -0.15) is 5.10 Å². The van der Waals surface area contributed by atoms with Gasteiger partial charge in [0.1, 0.15) is 0 Å². The molecule has 0 spiro atoms. The van der Waals surface area contributed by atoms with Crippen molar-refractivity contribution in [3.8, 4) is 23.1 Å². The second kappa shape index (κ2) is 10.3. The van der Waals surface area contributed by atoms with Crippen molar-refractivity contribution in [2.45, 2.75) is 26.2 Å². The summed E-state index contributed by atoms with van der Waals surface area (Å²) in [5.41, 5.74) is 2.68. The molecule has 144 valence electrons. The standard InChI is InChI=1S/C23H26N4O/c1-2-3-14-24-15-7-4-8-16-25-19-11-9-10-18(17-19)22-20-12-5-6-13-21(20)23(28)27-26-22/h5-6,9-13,17,24-25H,4,7-8,14-16H2,1H3,(H,27,28). The van der Waals surface area contributed by atoms with Crippen LogP contribution >= 0.6 is 0 Å². The number of H-pyrrole nitrogens is 1. The zero-order valence-corrected chi connectivity index (χ0v) is 16.2. The summed E-state index contributed by atoms with van der Waals surface area (Å²) in [6, 6.07) is 15.7. The van der Waals surface area contributed by atoms with Crippen LogP contribution in [0.25, 0.3) is 22.0 Å². The molecule has 28 heavy (non-hydrogen) atoms. The van der Waals surface area contributed by atoms with Gasteiger partial charge in [-0.25, -0.2) is 5.10 Å². The zero-order valence-electron chi connectivity index (χ0n) is 16.2. The highest BCUT2D eigenvalue weighted by molar-refractivity contribution is 5.94. The molecule has 1 heterocycles. The molecule has 0 aliphatic carbocycles. The number of aromatic amines is 1. The molecule has 0 amide bonds. The molecular weight excluding hydrogens is 348 g/mol. The molecule has 1 aromatic heterocycles. The van der Waals surface area contributed by atoms with Gasteiger partial charge in [0.25, 0.3) is 5.56 Å². The van der Waals surface area contributed by atoms with Crippen molar-refractivity contribution in [1.82, 2.24) is 15.5 Å². The average Bonchev–Trinajstić information content (AvgIpc) is 2.73. The number of rotatable bonds is 9. The molecule has 3 rings (SSSR count). The van der Waals surface area contributed by atoms with Crippen molar-refractivity contribution < 1.29 is 0 Å². The summed E-state index contributed by atoms with van der Waals surface area (Å²) in [5.74, 6) is 5.89. The largest absolute Gasteiger partial charge is 0.385 e. The maximum atomic E-state index is 12.0. The first kappa shape index (κ1) is 19.7. The van der Waals surface area contributed by atoms with Crippen molar-refractivity contribution >= 4 is 16.5 Å². The van der Waals surface area contributed by atoms with Gasteiger partial charge in [0.2, 0.25) is 0 Å². The summed E-state index contributed by atoms with van der Waals surface area (Å²) in [6.07, 6.45) is 3.44. The lowest BCUT2D eigenvalue weighted by molar-refractivity contribution is 0.641. The Balaban J connectivity index is 1.57. The van der Waals surface area contributed by atoms with Crippen LogP contribution in [0.4, 0.5) is 5.69 Å². The van der Waals surface area contributed by atoms with E-state index in [4.69, 9.17) is 0 Å². The lowest BCUT2D eigenvalue weighted by Gasteiger charge is -2.09. The minimum absolute atomic E-state index is 0.162. The fraction of sp³-hybridized carbons (Fsp3) is 0.304. The monoisotopic (exact) mass is 374 g/mol. The molecule has 0 radical (unpaired) electrons. The Labute approximate surface area is 165 Å². The van der Waals surface area contributed by atoms with Crippen LogP contribution in [0.5, 0.6) is 0 Å². The third-order valence-electron chi connectivity index (χ3n) is 4.58. The summed E-state index contributed by atoms with van der Waals surface area (Å²) in [7, 11) is 0. The van der Waals surface area contributed by atoms with E-state index in [0.717, 1.165) is 54.8 Å². The molecule has 0 aliphatic heterocycles. The number of aromatic nitrogens is 2. The number of hydrogen-bond donors (Lipinski definition) is 3. The summed E-state index contributed by atoms with van der Waals surface area (Å²) >= 11 is 0. The van der Waals surface area contributed by atoms with Crippen LogP contribution in [0.15, 0.2) is 53.3 Å². The minimum Gasteiger partial charge on any atom is -0.385 e. The first-order chi connectivity index (χ1) is 13.8. The number of fused-ring (bicyclic) bond motifs is 1. The number of anilines is 1. The van der Waals surface area contributed by atoms with E-state index in [9.17, 15) is 4.79 Å². The van der Waals surface area contributed by atoms with Crippen LogP contribution in [0.2, 0.25) is 0 Å². The molecule has 0 saturated heterocycles. The maximum Gasteiger partial charge on any atom is 0.272 e. The summed E-state index contributed by atoms with van der Waals surface area (Å²) in [5, 5.41) is 15.2. The number of unbranched alkanes of at least 4 members (excludes halogenated alkanes) is 2. The Morgan fingerprint density at radius 3 is 2.68 bits per heavy atom. The van der Waals surface area contributed by atoms with Crippen LogP contribution in [0.3, 0.4) is 0 Å². The minimum atomic E-state index is -0.162. The fourth-order valence-electron chi connectivity index (χ4n) is 3.14. The number of nitrogens with zero attached hydrogens (tertiary/aromatic N) is 1. The molecule has 0 aliphatic rings. The van der Waals surface area contributed by atoms with Crippen molar-refractivity contribution in [3.05, 3.63) is 58.9 Å². The first-order valence-corrected chi connectivity index (χ1v) is 9.71. The van der Waals surface area contributed by atoms with E-state index in [0.29, 0.717) is 5.39 Å². The molecular formula is C23H26N4O. The van der Waals surface area contributed by atoms with E-state index >= 15 is 0 Å². The van der Waals surface area contributed by atoms with E-state index in [1.165, 1.54) is 6.42 Å². The Kier molecular flexibility index (Phi) is 7.22. The summed E-state index contributed by atoms with van der Waals surface area (Å²) < 4.78 is 0. The Morgan fingerprint density at radius 1 is 1.00 bits per heavy atom. The van der Waals surface area contributed by atoms with Crippen molar-refractivity contribution in [3.63, 3.8) is 0 Å². The molecule has 0 unspecified atom stereocenters. The Bertz CT molecular complexity index is 1030. The van der Waals surface area contributed by atoms with Gasteiger partial charge >= 0.3 is 0 Å². The van der Waals surface area contributed by atoms with Gasteiger partial charge in [0.15, 0.2) is 0 Å². The molecule has 2 aromatic carbocycles. The van der Waals surface area contributed by atoms with Crippen LogP contribution < -0.4 is 16.2 Å². The molecule has 0 saturated carbocycles. The van der Waals surface area contributed by atoms with E-state index in [1.807, 2.05) is 43.3 Å². The van der Waals surface area contributed by atoms with E-state index in [1.54, 1.807) is 0 Å². The number of benzene rings is 2. The highest BCUT2D eigenvalue weighted by Gasteiger charge is 2.08. The van der Waals surface area contributed by atoms with Gasteiger partial charge in [0.05, 0.1) is 17.6 Å².